The van der Waals surface area contributed by atoms with Crippen LogP contribution in [-0.4, -0.2) is 9.13 Å². The number of hydrogen-bond donors (Lipinski definition) is 0. The monoisotopic (exact) mass is 534 g/mol. The summed E-state index contributed by atoms with van der Waals surface area (Å²) in [6.45, 7) is 0. The molecule has 42 heavy (non-hydrogen) atoms. The van der Waals surface area contributed by atoms with Crippen molar-refractivity contribution in [2.75, 3.05) is 0 Å². The lowest BCUT2D eigenvalue weighted by Crippen LogP contribution is -2.03. The summed E-state index contributed by atoms with van der Waals surface area (Å²) < 4.78 is 4.54. The zero-order chi connectivity index (χ0) is 28.2. The zero-order valence-electron chi connectivity index (χ0n) is 22.5. The van der Waals surface area contributed by atoms with Crippen LogP contribution in [0.15, 0.2) is 133 Å². The molecule has 0 amide bonds. The molecule has 8 rings (SSSR count). The van der Waals surface area contributed by atoms with Crippen molar-refractivity contribution in [1.82, 2.24) is 9.13 Å². The number of rotatable bonds is 3. The summed E-state index contributed by atoms with van der Waals surface area (Å²) in [6, 6.07) is 50.0. The minimum absolute atomic E-state index is 0.606. The predicted octanol–water partition coefficient (Wildman–Crippen LogP) is 9.29. The number of aromatic nitrogens is 2. The lowest BCUT2D eigenvalue weighted by Gasteiger charge is -2.19. The van der Waals surface area contributed by atoms with Crippen molar-refractivity contribution in [2.24, 2.45) is 0 Å². The van der Waals surface area contributed by atoms with Crippen LogP contribution in [0.1, 0.15) is 11.1 Å². The van der Waals surface area contributed by atoms with Crippen LogP contribution in [0.5, 0.6) is 0 Å². The molecular weight excluding hydrogens is 512 g/mol. The third kappa shape index (κ3) is 3.33. The van der Waals surface area contributed by atoms with Gasteiger partial charge in [0.1, 0.15) is 0 Å². The minimum Gasteiger partial charge on any atom is -0.309 e. The highest BCUT2D eigenvalue weighted by Gasteiger charge is 2.22. The van der Waals surface area contributed by atoms with Crippen molar-refractivity contribution < 1.29 is 0 Å². The van der Waals surface area contributed by atoms with Gasteiger partial charge in [0.15, 0.2) is 0 Å². The largest absolute Gasteiger partial charge is 0.309 e. The maximum Gasteiger partial charge on any atom is 0.0998 e. The third-order valence-corrected chi connectivity index (χ3v) is 8.20. The molecule has 0 radical (unpaired) electrons. The molecule has 0 spiro atoms. The normalized spacial score (nSPS) is 11.3. The lowest BCUT2D eigenvalue weighted by atomic mass is 9.96. The number of para-hydroxylation sites is 4. The molecule has 0 fully saturated rings. The van der Waals surface area contributed by atoms with E-state index in [9.17, 15) is 10.5 Å². The second-order valence-electron chi connectivity index (χ2n) is 10.4. The molecule has 2 heterocycles. The van der Waals surface area contributed by atoms with Crippen molar-refractivity contribution in [3.05, 3.63) is 145 Å². The van der Waals surface area contributed by atoms with Crippen molar-refractivity contribution in [3.63, 3.8) is 0 Å². The highest BCUT2D eigenvalue weighted by atomic mass is 15.0. The van der Waals surface area contributed by atoms with Gasteiger partial charge >= 0.3 is 0 Å². The Hall–Kier alpha value is -6.10. The predicted molar refractivity (Wildman–Crippen MR) is 170 cm³/mol. The molecule has 0 atom stereocenters. The molecule has 0 aliphatic heterocycles. The van der Waals surface area contributed by atoms with Crippen LogP contribution >= 0.6 is 0 Å². The highest BCUT2D eigenvalue weighted by molar-refractivity contribution is 6.11. The topological polar surface area (TPSA) is 57.4 Å². The van der Waals surface area contributed by atoms with Crippen LogP contribution in [0.25, 0.3) is 66.1 Å². The van der Waals surface area contributed by atoms with E-state index >= 15 is 0 Å². The Morgan fingerprint density at radius 3 is 1.60 bits per heavy atom. The van der Waals surface area contributed by atoms with E-state index in [-0.39, 0.29) is 0 Å². The highest BCUT2D eigenvalue weighted by Crippen LogP contribution is 2.41. The fraction of sp³-hybridized carbons (Fsp3) is 0. The number of fused-ring (bicyclic) bond motifs is 6. The number of nitriles is 2. The zero-order valence-corrected chi connectivity index (χ0v) is 22.5. The summed E-state index contributed by atoms with van der Waals surface area (Å²) in [7, 11) is 0. The SMILES string of the molecule is N#Cc1ccc2c(c1)c1ccccc1n2-c1ccccc1-c1c(C#N)cccc1-n1c2ccccc2c2ccccc21. The average Bonchev–Trinajstić information content (AvgIpc) is 3.57. The van der Waals surface area contributed by atoms with Gasteiger partial charge in [-0.15, -0.1) is 0 Å². The number of hydrogen-bond acceptors (Lipinski definition) is 2. The fourth-order valence-electron chi connectivity index (χ4n) is 6.47. The summed E-state index contributed by atoms with van der Waals surface area (Å²) in [5.74, 6) is 0. The van der Waals surface area contributed by atoms with E-state index in [1.54, 1.807) is 0 Å². The van der Waals surface area contributed by atoms with Crippen molar-refractivity contribution in [1.29, 1.82) is 10.5 Å². The second-order valence-corrected chi connectivity index (χ2v) is 10.4. The maximum absolute atomic E-state index is 10.5. The molecule has 0 aliphatic carbocycles. The van der Waals surface area contributed by atoms with Gasteiger partial charge in [0, 0.05) is 32.7 Å². The van der Waals surface area contributed by atoms with E-state index in [0.717, 1.165) is 55.3 Å². The van der Waals surface area contributed by atoms with E-state index < -0.39 is 0 Å². The molecule has 194 valence electrons. The lowest BCUT2D eigenvalue weighted by molar-refractivity contribution is 1.16. The maximum atomic E-state index is 10.5. The first-order valence-corrected chi connectivity index (χ1v) is 13.8. The molecule has 8 aromatic rings. The van der Waals surface area contributed by atoms with Gasteiger partial charge in [-0.25, -0.2) is 0 Å². The van der Waals surface area contributed by atoms with Gasteiger partial charge in [-0.05, 0) is 54.6 Å². The first kappa shape index (κ1) is 23.8. The molecule has 0 unspecified atom stereocenters. The fourth-order valence-corrected chi connectivity index (χ4v) is 6.47. The van der Waals surface area contributed by atoms with Crippen molar-refractivity contribution in [3.8, 4) is 34.6 Å². The van der Waals surface area contributed by atoms with E-state index in [0.29, 0.717) is 11.1 Å². The van der Waals surface area contributed by atoms with Gasteiger partial charge in [-0.2, -0.15) is 10.5 Å². The molecule has 0 aliphatic rings. The van der Waals surface area contributed by atoms with Crippen LogP contribution in [0.3, 0.4) is 0 Å². The van der Waals surface area contributed by atoms with Crippen LogP contribution in [-0.2, 0) is 0 Å². The average molecular weight is 535 g/mol. The summed E-state index contributed by atoms with van der Waals surface area (Å²) in [5, 5.41) is 24.5. The molecule has 0 saturated heterocycles. The first-order chi connectivity index (χ1) is 20.8. The van der Waals surface area contributed by atoms with Gasteiger partial charge in [0.25, 0.3) is 0 Å². The van der Waals surface area contributed by atoms with Gasteiger partial charge in [-0.1, -0.05) is 78.9 Å². The van der Waals surface area contributed by atoms with Crippen LogP contribution in [0.4, 0.5) is 0 Å². The Balaban J connectivity index is 1.50. The molecule has 0 N–H and O–H groups in total. The Labute approximate surface area is 242 Å². The Kier molecular flexibility index (Phi) is 5.22. The molecule has 2 aromatic heterocycles. The van der Waals surface area contributed by atoms with Gasteiger partial charge < -0.3 is 9.13 Å². The molecule has 4 nitrogen and oxygen atoms in total. The van der Waals surface area contributed by atoms with Crippen LogP contribution in [0.2, 0.25) is 0 Å². The summed E-state index contributed by atoms with van der Waals surface area (Å²) in [4.78, 5) is 0. The molecule has 6 aromatic carbocycles. The van der Waals surface area contributed by atoms with E-state index in [2.05, 4.69) is 100 Å². The minimum atomic E-state index is 0.606. The second kappa shape index (κ2) is 9.24. The smallest absolute Gasteiger partial charge is 0.0998 e. The standard InChI is InChI=1S/C38H22N4/c39-23-25-20-21-36-31(22-25)29-13-3-7-17-34(29)41(36)35-18-8-4-14-30(35)38-26(24-40)10-9-19-37(38)42-32-15-5-1-11-27(32)28-12-2-6-16-33(28)42/h1-22H. The van der Waals surface area contributed by atoms with Crippen molar-refractivity contribution >= 4 is 43.6 Å². The summed E-state index contributed by atoms with van der Waals surface area (Å²) in [5.41, 5.74) is 9.22. The van der Waals surface area contributed by atoms with E-state index in [4.69, 9.17) is 0 Å². The van der Waals surface area contributed by atoms with Gasteiger partial charge in [0.2, 0.25) is 0 Å². The van der Waals surface area contributed by atoms with Gasteiger partial charge in [-0.3, -0.25) is 0 Å². The summed E-state index contributed by atoms with van der Waals surface area (Å²) >= 11 is 0. The Morgan fingerprint density at radius 1 is 0.429 bits per heavy atom. The molecular formula is C38H22N4. The van der Waals surface area contributed by atoms with Crippen LogP contribution < -0.4 is 0 Å². The Morgan fingerprint density at radius 2 is 0.952 bits per heavy atom. The van der Waals surface area contributed by atoms with Crippen LogP contribution in [0, 0.1) is 22.7 Å². The number of nitrogens with zero attached hydrogens (tertiary/aromatic N) is 4. The first-order valence-electron chi connectivity index (χ1n) is 13.8. The Bertz CT molecular complexity index is 2390. The molecule has 0 saturated carbocycles. The van der Waals surface area contributed by atoms with E-state index in [1.807, 2.05) is 54.6 Å². The quantitative estimate of drug-likeness (QED) is 0.227. The van der Waals surface area contributed by atoms with E-state index in [1.165, 1.54) is 10.8 Å². The van der Waals surface area contributed by atoms with Crippen molar-refractivity contribution in [2.45, 2.75) is 0 Å². The molecule has 4 heteroatoms. The third-order valence-electron chi connectivity index (χ3n) is 8.20. The summed E-state index contributed by atoms with van der Waals surface area (Å²) in [6.07, 6.45) is 0. The van der Waals surface area contributed by atoms with Gasteiger partial charge in [0.05, 0.1) is 56.7 Å². The molecule has 0 bridgehead atoms. The number of benzene rings is 6.